The number of esters is 1. The molecule has 1 aliphatic heterocycles. The van der Waals surface area contributed by atoms with Gasteiger partial charge in [-0.15, -0.1) is 0 Å². The van der Waals surface area contributed by atoms with Crippen LogP contribution >= 0.6 is 0 Å². The summed E-state index contributed by atoms with van der Waals surface area (Å²) in [5, 5.41) is 0. The van der Waals surface area contributed by atoms with E-state index in [1.54, 1.807) is 0 Å². The zero-order valence-electron chi connectivity index (χ0n) is 12.4. The van der Waals surface area contributed by atoms with E-state index in [1.165, 1.54) is 11.1 Å². The van der Waals surface area contributed by atoms with Crippen molar-refractivity contribution in [2.24, 2.45) is 0 Å². The Morgan fingerprint density at radius 2 is 2.25 bits per heavy atom. The van der Waals surface area contributed by atoms with Crippen molar-refractivity contribution in [2.75, 3.05) is 33.4 Å². The molecule has 110 valence electrons. The lowest BCUT2D eigenvalue weighted by Crippen LogP contribution is -2.24. The fourth-order valence-electron chi connectivity index (χ4n) is 2.34. The molecule has 0 atom stereocenters. The molecule has 4 heteroatoms. The first-order chi connectivity index (χ1) is 9.69. The third-order valence-corrected chi connectivity index (χ3v) is 3.54. The predicted molar refractivity (Wildman–Crippen MR) is 78.1 cm³/mol. The van der Waals surface area contributed by atoms with Gasteiger partial charge in [-0.1, -0.05) is 12.1 Å². The lowest BCUT2D eigenvalue weighted by Gasteiger charge is -2.16. The molecule has 0 N–H and O–H groups in total. The topological polar surface area (TPSA) is 38.8 Å². The summed E-state index contributed by atoms with van der Waals surface area (Å²) in [6.07, 6.45) is 2.47. The molecule has 4 nitrogen and oxygen atoms in total. The van der Waals surface area contributed by atoms with Gasteiger partial charge in [-0.2, -0.15) is 0 Å². The van der Waals surface area contributed by atoms with Crippen LogP contribution in [0, 0.1) is 0 Å². The number of fused-ring (bicyclic) bond motifs is 1. The van der Waals surface area contributed by atoms with Crippen LogP contribution in [-0.2, 0) is 22.4 Å². The van der Waals surface area contributed by atoms with Crippen molar-refractivity contribution < 1.29 is 14.3 Å². The van der Waals surface area contributed by atoms with Gasteiger partial charge in [-0.05, 0) is 37.6 Å². The molecular formula is C16H23NO3. The van der Waals surface area contributed by atoms with E-state index in [-0.39, 0.29) is 5.97 Å². The predicted octanol–water partition coefficient (Wildman–Crippen LogP) is 2.05. The highest BCUT2D eigenvalue weighted by atomic mass is 16.5. The summed E-state index contributed by atoms with van der Waals surface area (Å²) in [4.78, 5) is 13.5. The fourth-order valence-corrected chi connectivity index (χ4v) is 2.34. The van der Waals surface area contributed by atoms with Crippen molar-refractivity contribution in [2.45, 2.75) is 26.2 Å². The van der Waals surface area contributed by atoms with Crippen LogP contribution in [0.3, 0.4) is 0 Å². The monoisotopic (exact) mass is 277 g/mol. The number of carbonyl (C=O) groups is 1. The first-order valence-corrected chi connectivity index (χ1v) is 7.28. The van der Waals surface area contributed by atoms with E-state index < -0.39 is 0 Å². The molecule has 1 aromatic carbocycles. The van der Waals surface area contributed by atoms with Gasteiger partial charge in [0.2, 0.25) is 0 Å². The highest BCUT2D eigenvalue weighted by Gasteiger charge is 2.12. The van der Waals surface area contributed by atoms with Gasteiger partial charge in [-0.25, -0.2) is 0 Å². The normalized spacial score (nSPS) is 13.2. The van der Waals surface area contributed by atoms with E-state index in [1.807, 2.05) is 14.0 Å². The maximum atomic E-state index is 11.3. The Morgan fingerprint density at radius 3 is 3.05 bits per heavy atom. The molecule has 1 aliphatic rings. The van der Waals surface area contributed by atoms with Crippen molar-refractivity contribution in [3.63, 3.8) is 0 Å². The average molecular weight is 277 g/mol. The van der Waals surface area contributed by atoms with Gasteiger partial charge in [-0.3, -0.25) is 4.79 Å². The standard InChI is InChI=1S/C16H23NO3/c1-3-19-16(18)7-10-17(2)9-6-13-4-5-15-14(12-13)8-11-20-15/h4-5,12H,3,6-11H2,1-2H3. The molecule has 0 spiro atoms. The molecule has 0 bridgehead atoms. The number of likely N-dealkylation sites (N-methyl/N-ethyl adjacent to an activating group) is 1. The van der Waals surface area contributed by atoms with Crippen molar-refractivity contribution in [1.82, 2.24) is 4.90 Å². The molecule has 0 saturated heterocycles. The summed E-state index contributed by atoms with van der Waals surface area (Å²) in [5.41, 5.74) is 2.65. The summed E-state index contributed by atoms with van der Waals surface area (Å²) >= 11 is 0. The minimum atomic E-state index is -0.117. The van der Waals surface area contributed by atoms with Crippen molar-refractivity contribution in [3.8, 4) is 5.75 Å². The Morgan fingerprint density at radius 1 is 1.40 bits per heavy atom. The minimum absolute atomic E-state index is 0.117. The van der Waals surface area contributed by atoms with Crippen LogP contribution in [0.15, 0.2) is 18.2 Å². The Hall–Kier alpha value is -1.55. The Kier molecular flexibility index (Phi) is 5.41. The zero-order chi connectivity index (χ0) is 14.4. The Labute approximate surface area is 120 Å². The van der Waals surface area contributed by atoms with Crippen LogP contribution in [0.25, 0.3) is 0 Å². The van der Waals surface area contributed by atoms with Crippen molar-refractivity contribution in [1.29, 1.82) is 0 Å². The summed E-state index contributed by atoms with van der Waals surface area (Å²) in [6, 6.07) is 6.43. The number of nitrogens with zero attached hydrogens (tertiary/aromatic N) is 1. The zero-order valence-corrected chi connectivity index (χ0v) is 12.4. The molecular weight excluding hydrogens is 254 g/mol. The van der Waals surface area contributed by atoms with E-state index in [0.717, 1.165) is 38.3 Å². The molecule has 0 saturated carbocycles. The lowest BCUT2D eigenvalue weighted by molar-refractivity contribution is -0.143. The van der Waals surface area contributed by atoms with E-state index in [4.69, 9.17) is 9.47 Å². The molecule has 1 aromatic rings. The number of hydrogen-bond acceptors (Lipinski definition) is 4. The number of benzene rings is 1. The van der Waals surface area contributed by atoms with Crippen LogP contribution in [-0.4, -0.2) is 44.2 Å². The van der Waals surface area contributed by atoms with Crippen molar-refractivity contribution in [3.05, 3.63) is 29.3 Å². The largest absolute Gasteiger partial charge is 0.493 e. The minimum Gasteiger partial charge on any atom is -0.493 e. The summed E-state index contributed by atoms with van der Waals surface area (Å²) in [7, 11) is 2.04. The second-order valence-corrected chi connectivity index (χ2v) is 5.15. The quantitative estimate of drug-likeness (QED) is 0.715. The maximum Gasteiger partial charge on any atom is 0.307 e. The number of carbonyl (C=O) groups excluding carboxylic acids is 1. The third-order valence-electron chi connectivity index (χ3n) is 3.54. The fraction of sp³-hybridized carbons (Fsp3) is 0.562. The Bertz CT molecular complexity index is 459. The Balaban J connectivity index is 1.73. The number of rotatable bonds is 7. The van der Waals surface area contributed by atoms with Crippen LogP contribution in [0.2, 0.25) is 0 Å². The second kappa shape index (κ2) is 7.29. The van der Waals surface area contributed by atoms with E-state index in [9.17, 15) is 4.79 Å². The van der Waals surface area contributed by atoms with E-state index >= 15 is 0 Å². The lowest BCUT2D eigenvalue weighted by atomic mass is 10.1. The van der Waals surface area contributed by atoms with Crippen LogP contribution in [0.1, 0.15) is 24.5 Å². The third kappa shape index (κ3) is 4.23. The van der Waals surface area contributed by atoms with Crippen LogP contribution in [0.5, 0.6) is 5.75 Å². The summed E-state index contributed by atoms with van der Waals surface area (Å²) < 4.78 is 10.4. The van der Waals surface area contributed by atoms with Gasteiger partial charge in [0.15, 0.2) is 0 Å². The SMILES string of the molecule is CCOC(=O)CCN(C)CCc1ccc2c(c1)CCO2. The number of hydrogen-bond donors (Lipinski definition) is 0. The summed E-state index contributed by atoms with van der Waals surface area (Å²) in [6.45, 7) is 4.78. The molecule has 0 aliphatic carbocycles. The first kappa shape index (κ1) is 14.9. The van der Waals surface area contributed by atoms with Gasteiger partial charge >= 0.3 is 5.97 Å². The molecule has 20 heavy (non-hydrogen) atoms. The molecule has 2 rings (SSSR count). The van der Waals surface area contributed by atoms with Gasteiger partial charge < -0.3 is 14.4 Å². The average Bonchev–Trinajstić information content (AvgIpc) is 2.90. The van der Waals surface area contributed by atoms with Gasteiger partial charge in [0, 0.05) is 19.5 Å². The van der Waals surface area contributed by atoms with Crippen LogP contribution in [0.4, 0.5) is 0 Å². The van der Waals surface area contributed by atoms with Gasteiger partial charge in [0.25, 0.3) is 0 Å². The van der Waals surface area contributed by atoms with E-state index in [2.05, 4.69) is 23.1 Å². The molecule has 1 heterocycles. The second-order valence-electron chi connectivity index (χ2n) is 5.15. The van der Waals surface area contributed by atoms with Crippen molar-refractivity contribution >= 4 is 5.97 Å². The smallest absolute Gasteiger partial charge is 0.307 e. The molecule has 0 aromatic heterocycles. The summed E-state index contributed by atoms with van der Waals surface area (Å²) in [5.74, 6) is 0.915. The number of ether oxygens (including phenoxy) is 2. The molecule has 0 fully saturated rings. The highest BCUT2D eigenvalue weighted by molar-refractivity contribution is 5.69. The molecule has 0 unspecified atom stereocenters. The van der Waals surface area contributed by atoms with Gasteiger partial charge in [0.05, 0.1) is 19.6 Å². The highest BCUT2D eigenvalue weighted by Crippen LogP contribution is 2.25. The molecule has 0 radical (unpaired) electrons. The van der Waals surface area contributed by atoms with E-state index in [0.29, 0.717) is 13.0 Å². The maximum absolute atomic E-state index is 11.3. The first-order valence-electron chi connectivity index (χ1n) is 7.28. The van der Waals surface area contributed by atoms with Crippen LogP contribution < -0.4 is 4.74 Å². The van der Waals surface area contributed by atoms with Gasteiger partial charge in [0.1, 0.15) is 5.75 Å². The molecule has 0 amide bonds.